The van der Waals surface area contributed by atoms with E-state index < -0.39 is 0 Å². The third kappa shape index (κ3) is 4.91. The standard InChI is InChI=1S/C19H25NO/c1-4-12-20-16(3)18-6-5-7-19(13-18)21-14-17-10-8-15(2)9-11-17/h5-11,13,16,20H,4,12,14H2,1-3H3. The fourth-order valence-electron chi connectivity index (χ4n) is 2.20. The fraction of sp³-hybridized carbons (Fsp3) is 0.368. The third-order valence-electron chi connectivity index (χ3n) is 3.58. The van der Waals surface area contributed by atoms with E-state index in [-0.39, 0.29) is 0 Å². The van der Waals surface area contributed by atoms with Gasteiger partial charge in [-0.05, 0) is 50.1 Å². The average Bonchev–Trinajstić information content (AvgIpc) is 2.52. The van der Waals surface area contributed by atoms with Crippen LogP contribution in [0, 0.1) is 6.92 Å². The lowest BCUT2D eigenvalue weighted by Crippen LogP contribution is -2.19. The smallest absolute Gasteiger partial charge is 0.120 e. The van der Waals surface area contributed by atoms with Crippen LogP contribution >= 0.6 is 0 Å². The number of hydrogen-bond donors (Lipinski definition) is 1. The molecule has 0 aromatic heterocycles. The summed E-state index contributed by atoms with van der Waals surface area (Å²) in [5.74, 6) is 0.929. The molecule has 0 heterocycles. The minimum Gasteiger partial charge on any atom is -0.489 e. The van der Waals surface area contributed by atoms with E-state index >= 15 is 0 Å². The molecule has 21 heavy (non-hydrogen) atoms. The minimum absolute atomic E-state index is 0.355. The molecule has 2 rings (SSSR count). The number of rotatable bonds is 7. The van der Waals surface area contributed by atoms with E-state index in [0.717, 1.165) is 18.7 Å². The van der Waals surface area contributed by atoms with Gasteiger partial charge in [-0.3, -0.25) is 0 Å². The summed E-state index contributed by atoms with van der Waals surface area (Å²) in [6, 6.07) is 17.2. The van der Waals surface area contributed by atoms with Gasteiger partial charge in [-0.1, -0.05) is 48.9 Å². The van der Waals surface area contributed by atoms with Gasteiger partial charge >= 0.3 is 0 Å². The Kier molecular flexibility index (Phi) is 5.82. The van der Waals surface area contributed by atoms with Crippen molar-refractivity contribution in [2.75, 3.05) is 6.54 Å². The van der Waals surface area contributed by atoms with Crippen molar-refractivity contribution in [1.29, 1.82) is 0 Å². The van der Waals surface area contributed by atoms with Gasteiger partial charge in [-0.25, -0.2) is 0 Å². The Labute approximate surface area is 128 Å². The van der Waals surface area contributed by atoms with Gasteiger partial charge in [0.2, 0.25) is 0 Å². The van der Waals surface area contributed by atoms with Crippen LogP contribution in [0.2, 0.25) is 0 Å². The average molecular weight is 283 g/mol. The van der Waals surface area contributed by atoms with Gasteiger partial charge < -0.3 is 10.1 Å². The number of benzene rings is 2. The van der Waals surface area contributed by atoms with Gasteiger partial charge in [-0.15, -0.1) is 0 Å². The summed E-state index contributed by atoms with van der Waals surface area (Å²) in [5.41, 5.74) is 3.74. The van der Waals surface area contributed by atoms with Gasteiger partial charge in [0, 0.05) is 6.04 Å². The van der Waals surface area contributed by atoms with Gasteiger partial charge in [0.05, 0.1) is 0 Å². The summed E-state index contributed by atoms with van der Waals surface area (Å²) in [6.45, 7) is 8.12. The Morgan fingerprint density at radius 2 is 1.86 bits per heavy atom. The molecule has 112 valence electrons. The molecule has 0 spiro atoms. The SMILES string of the molecule is CCCNC(C)c1cccc(OCc2ccc(C)cc2)c1. The Morgan fingerprint density at radius 1 is 1.10 bits per heavy atom. The molecule has 2 heteroatoms. The topological polar surface area (TPSA) is 21.3 Å². The quantitative estimate of drug-likeness (QED) is 0.799. The Bertz CT molecular complexity index is 548. The van der Waals surface area contributed by atoms with Crippen LogP contribution in [0.15, 0.2) is 48.5 Å². The molecule has 0 saturated carbocycles. The van der Waals surface area contributed by atoms with Crippen LogP contribution in [-0.4, -0.2) is 6.54 Å². The van der Waals surface area contributed by atoms with Crippen molar-refractivity contribution in [3.63, 3.8) is 0 Å². The largest absolute Gasteiger partial charge is 0.489 e. The molecule has 0 aliphatic heterocycles. The summed E-state index contributed by atoms with van der Waals surface area (Å²) in [5, 5.41) is 3.50. The van der Waals surface area contributed by atoms with Crippen molar-refractivity contribution in [2.24, 2.45) is 0 Å². The van der Waals surface area contributed by atoms with Crippen LogP contribution in [0.3, 0.4) is 0 Å². The van der Waals surface area contributed by atoms with Gasteiger partial charge in [0.15, 0.2) is 0 Å². The summed E-state index contributed by atoms with van der Waals surface area (Å²) in [7, 11) is 0. The zero-order valence-corrected chi connectivity index (χ0v) is 13.2. The highest BCUT2D eigenvalue weighted by Crippen LogP contribution is 2.20. The molecular formula is C19H25NO. The first-order valence-electron chi connectivity index (χ1n) is 7.70. The molecule has 0 amide bonds. The Morgan fingerprint density at radius 3 is 2.57 bits per heavy atom. The van der Waals surface area contributed by atoms with Crippen LogP contribution in [0.25, 0.3) is 0 Å². The number of ether oxygens (including phenoxy) is 1. The Balaban J connectivity index is 1.95. The molecule has 1 unspecified atom stereocenters. The fourth-order valence-corrected chi connectivity index (χ4v) is 2.20. The maximum absolute atomic E-state index is 5.90. The highest BCUT2D eigenvalue weighted by atomic mass is 16.5. The first-order valence-corrected chi connectivity index (χ1v) is 7.70. The van der Waals surface area contributed by atoms with Crippen LogP contribution in [0.4, 0.5) is 0 Å². The van der Waals surface area contributed by atoms with Crippen LogP contribution < -0.4 is 10.1 Å². The molecule has 0 radical (unpaired) electrons. The molecular weight excluding hydrogens is 258 g/mol. The second-order valence-corrected chi connectivity index (χ2v) is 5.52. The molecule has 2 aromatic rings. The van der Waals surface area contributed by atoms with E-state index in [1.165, 1.54) is 16.7 Å². The highest BCUT2D eigenvalue weighted by Gasteiger charge is 2.05. The van der Waals surface area contributed by atoms with E-state index in [1.54, 1.807) is 0 Å². The predicted octanol–water partition coefficient (Wildman–Crippen LogP) is 4.63. The minimum atomic E-state index is 0.355. The second kappa shape index (κ2) is 7.84. The van der Waals surface area contributed by atoms with E-state index in [9.17, 15) is 0 Å². The molecule has 0 saturated heterocycles. The van der Waals surface area contributed by atoms with E-state index in [1.807, 2.05) is 6.07 Å². The zero-order chi connectivity index (χ0) is 15.1. The normalized spacial score (nSPS) is 12.1. The van der Waals surface area contributed by atoms with Crippen LogP contribution in [-0.2, 0) is 6.61 Å². The van der Waals surface area contributed by atoms with Crippen molar-refractivity contribution in [3.05, 3.63) is 65.2 Å². The maximum Gasteiger partial charge on any atom is 0.120 e. The number of nitrogens with one attached hydrogen (secondary N) is 1. The molecule has 2 aromatic carbocycles. The van der Waals surface area contributed by atoms with Crippen LogP contribution in [0.5, 0.6) is 5.75 Å². The van der Waals surface area contributed by atoms with Gasteiger partial charge in [-0.2, -0.15) is 0 Å². The summed E-state index contributed by atoms with van der Waals surface area (Å²) in [4.78, 5) is 0. The second-order valence-electron chi connectivity index (χ2n) is 5.52. The molecule has 0 bridgehead atoms. The van der Waals surface area contributed by atoms with Crippen molar-refractivity contribution in [2.45, 2.75) is 39.8 Å². The monoisotopic (exact) mass is 283 g/mol. The molecule has 1 atom stereocenters. The van der Waals surface area contributed by atoms with Crippen LogP contribution in [0.1, 0.15) is 43.0 Å². The van der Waals surface area contributed by atoms with Crippen molar-refractivity contribution in [3.8, 4) is 5.75 Å². The van der Waals surface area contributed by atoms with E-state index in [0.29, 0.717) is 12.6 Å². The lowest BCUT2D eigenvalue weighted by molar-refractivity contribution is 0.305. The van der Waals surface area contributed by atoms with Gasteiger partial charge in [0.25, 0.3) is 0 Å². The summed E-state index contributed by atoms with van der Waals surface area (Å²) in [6.07, 6.45) is 1.15. The predicted molar refractivity (Wildman–Crippen MR) is 88.7 cm³/mol. The maximum atomic E-state index is 5.90. The lowest BCUT2D eigenvalue weighted by atomic mass is 10.1. The molecule has 1 N–H and O–H groups in total. The first-order chi connectivity index (χ1) is 10.2. The Hall–Kier alpha value is -1.80. The van der Waals surface area contributed by atoms with E-state index in [2.05, 4.69) is 68.6 Å². The van der Waals surface area contributed by atoms with Crippen molar-refractivity contribution < 1.29 is 4.74 Å². The van der Waals surface area contributed by atoms with Gasteiger partial charge in [0.1, 0.15) is 12.4 Å². The van der Waals surface area contributed by atoms with Crippen molar-refractivity contribution >= 4 is 0 Å². The summed E-state index contributed by atoms with van der Waals surface area (Å²) < 4.78 is 5.90. The molecule has 0 aliphatic carbocycles. The number of aryl methyl sites for hydroxylation is 1. The summed E-state index contributed by atoms with van der Waals surface area (Å²) >= 11 is 0. The lowest BCUT2D eigenvalue weighted by Gasteiger charge is -2.15. The molecule has 0 aliphatic rings. The van der Waals surface area contributed by atoms with E-state index in [4.69, 9.17) is 4.74 Å². The third-order valence-corrected chi connectivity index (χ3v) is 3.58. The molecule has 2 nitrogen and oxygen atoms in total. The van der Waals surface area contributed by atoms with Crippen molar-refractivity contribution in [1.82, 2.24) is 5.32 Å². The molecule has 0 fully saturated rings. The number of hydrogen-bond acceptors (Lipinski definition) is 2. The highest BCUT2D eigenvalue weighted by molar-refractivity contribution is 5.31. The first kappa shape index (κ1) is 15.6. The zero-order valence-electron chi connectivity index (χ0n) is 13.2.